The predicted molar refractivity (Wildman–Crippen MR) is 72.6 cm³/mol. The van der Waals surface area contributed by atoms with Crippen molar-refractivity contribution in [3.63, 3.8) is 0 Å². The van der Waals surface area contributed by atoms with Gasteiger partial charge in [-0.25, -0.2) is 9.97 Å². The first-order valence-corrected chi connectivity index (χ1v) is 6.25. The lowest BCUT2D eigenvalue weighted by Gasteiger charge is -2.07. The highest BCUT2D eigenvalue weighted by Crippen LogP contribution is 2.11. The summed E-state index contributed by atoms with van der Waals surface area (Å²) in [5, 5.41) is 3.30. The molecule has 0 aliphatic rings. The third-order valence-electron chi connectivity index (χ3n) is 2.58. The minimum Gasteiger partial charge on any atom is -0.370 e. The number of rotatable bonds is 5. The fourth-order valence-corrected chi connectivity index (χ4v) is 1.77. The average Bonchev–Trinajstić information content (AvgIpc) is 2.37. The van der Waals surface area contributed by atoms with Crippen LogP contribution in [-0.2, 0) is 6.42 Å². The first-order valence-electron chi connectivity index (χ1n) is 6.25. The van der Waals surface area contributed by atoms with Crippen LogP contribution in [-0.4, -0.2) is 21.5 Å². The summed E-state index contributed by atoms with van der Waals surface area (Å²) in [4.78, 5) is 12.9. The first kappa shape index (κ1) is 12.5. The zero-order chi connectivity index (χ0) is 12.8. The molecular formula is C14H18N4. The average molecular weight is 242 g/mol. The van der Waals surface area contributed by atoms with Gasteiger partial charge in [0.1, 0.15) is 11.6 Å². The summed E-state index contributed by atoms with van der Waals surface area (Å²) in [5.41, 5.74) is 2.25. The van der Waals surface area contributed by atoms with Crippen molar-refractivity contribution < 1.29 is 0 Å². The summed E-state index contributed by atoms with van der Waals surface area (Å²) in [6.45, 7) is 5.00. The van der Waals surface area contributed by atoms with Gasteiger partial charge in [-0.15, -0.1) is 0 Å². The Labute approximate surface area is 108 Å². The van der Waals surface area contributed by atoms with E-state index >= 15 is 0 Å². The molecule has 0 spiro atoms. The Bertz CT molecular complexity index is 496. The highest BCUT2D eigenvalue weighted by atomic mass is 15.0. The monoisotopic (exact) mass is 242 g/mol. The number of nitrogens with zero attached hydrogens (tertiary/aromatic N) is 3. The number of pyridine rings is 1. The molecule has 2 aromatic heterocycles. The number of aryl methyl sites for hydroxylation is 1. The number of hydrogen-bond donors (Lipinski definition) is 1. The first-order chi connectivity index (χ1) is 8.78. The van der Waals surface area contributed by atoms with Gasteiger partial charge in [-0.1, -0.05) is 6.92 Å². The number of aromatic nitrogens is 3. The van der Waals surface area contributed by atoms with E-state index in [9.17, 15) is 0 Å². The van der Waals surface area contributed by atoms with Gasteiger partial charge < -0.3 is 5.32 Å². The van der Waals surface area contributed by atoms with Crippen LogP contribution in [0.25, 0.3) is 0 Å². The minimum absolute atomic E-state index is 0.806. The summed E-state index contributed by atoms with van der Waals surface area (Å²) in [6, 6.07) is 6.04. The molecule has 2 rings (SSSR count). The molecule has 0 saturated carbocycles. The molecule has 4 heteroatoms. The molecule has 1 N–H and O–H groups in total. The molecule has 0 aliphatic carbocycles. The third-order valence-corrected chi connectivity index (χ3v) is 2.58. The molecule has 0 saturated heterocycles. The number of anilines is 1. The van der Waals surface area contributed by atoms with Crippen molar-refractivity contribution in [2.45, 2.75) is 26.7 Å². The van der Waals surface area contributed by atoms with E-state index in [-0.39, 0.29) is 0 Å². The van der Waals surface area contributed by atoms with E-state index < -0.39 is 0 Å². The molecule has 0 aliphatic heterocycles. The second-order valence-corrected chi connectivity index (χ2v) is 4.25. The molecule has 94 valence electrons. The molecular weight excluding hydrogens is 224 g/mol. The van der Waals surface area contributed by atoms with E-state index in [1.54, 1.807) is 12.4 Å². The lowest BCUT2D eigenvalue weighted by atomic mass is 10.1. The SMILES string of the molecule is CCCNc1cc(Cc2ccncc2)nc(C)n1. The minimum atomic E-state index is 0.806. The van der Waals surface area contributed by atoms with Crippen LogP contribution in [0.15, 0.2) is 30.6 Å². The van der Waals surface area contributed by atoms with E-state index in [0.717, 1.165) is 36.7 Å². The van der Waals surface area contributed by atoms with Gasteiger partial charge >= 0.3 is 0 Å². The Balaban J connectivity index is 2.15. The molecule has 0 radical (unpaired) electrons. The molecule has 0 fully saturated rings. The van der Waals surface area contributed by atoms with Gasteiger partial charge in [0.15, 0.2) is 0 Å². The Morgan fingerprint density at radius 1 is 1.17 bits per heavy atom. The van der Waals surface area contributed by atoms with Crippen LogP contribution in [0.1, 0.15) is 30.4 Å². The molecule has 2 heterocycles. The molecule has 0 bridgehead atoms. The van der Waals surface area contributed by atoms with Gasteiger partial charge in [0.25, 0.3) is 0 Å². The highest BCUT2D eigenvalue weighted by molar-refractivity contribution is 5.37. The van der Waals surface area contributed by atoms with Crippen molar-refractivity contribution in [1.82, 2.24) is 15.0 Å². The lowest BCUT2D eigenvalue weighted by molar-refractivity contribution is 0.931. The largest absolute Gasteiger partial charge is 0.370 e. The van der Waals surface area contributed by atoms with Gasteiger partial charge in [0.05, 0.1) is 5.69 Å². The van der Waals surface area contributed by atoms with Crippen LogP contribution in [0.3, 0.4) is 0 Å². The number of nitrogens with one attached hydrogen (secondary N) is 1. The van der Waals surface area contributed by atoms with Crippen molar-refractivity contribution in [3.8, 4) is 0 Å². The molecule has 2 aromatic rings. The van der Waals surface area contributed by atoms with Gasteiger partial charge in [-0.05, 0) is 31.0 Å². The summed E-state index contributed by atoms with van der Waals surface area (Å²) in [7, 11) is 0. The molecule has 4 nitrogen and oxygen atoms in total. The molecule has 18 heavy (non-hydrogen) atoms. The normalized spacial score (nSPS) is 10.3. The quantitative estimate of drug-likeness (QED) is 0.875. The van der Waals surface area contributed by atoms with Crippen LogP contribution in [0.5, 0.6) is 0 Å². The van der Waals surface area contributed by atoms with E-state index in [0.29, 0.717) is 0 Å². The summed E-state index contributed by atoms with van der Waals surface area (Å²) < 4.78 is 0. The second kappa shape index (κ2) is 6.10. The summed E-state index contributed by atoms with van der Waals surface area (Å²) >= 11 is 0. The Kier molecular flexibility index (Phi) is 4.23. The molecule has 0 amide bonds. The molecule has 0 unspecified atom stereocenters. The van der Waals surface area contributed by atoms with Crippen LogP contribution in [0, 0.1) is 6.92 Å². The van der Waals surface area contributed by atoms with Crippen LogP contribution in [0.4, 0.5) is 5.82 Å². The van der Waals surface area contributed by atoms with Gasteiger partial charge in [0, 0.05) is 31.4 Å². The third kappa shape index (κ3) is 3.52. The fourth-order valence-electron chi connectivity index (χ4n) is 1.77. The fraction of sp³-hybridized carbons (Fsp3) is 0.357. The Morgan fingerprint density at radius 2 is 1.94 bits per heavy atom. The highest BCUT2D eigenvalue weighted by Gasteiger charge is 2.02. The Hall–Kier alpha value is -1.97. The second-order valence-electron chi connectivity index (χ2n) is 4.25. The van der Waals surface area contributed by atoms with E-state index in [1.165, 1.54) is 5.56 Å². The zero-order valence-corrected chi connectivity index (χ0v) is 10.8. The predicted octanol–water partition coefficient (Wildman–Crippen LogP) is 2.59. The van der Waals surface area contributed by atoms with E-state index in [4.69, 9.17) is 0 Å². The van der Waals surface area contributed by atoms with Crippen molar-refractivity contribution >= 4 is 5.82 Å². The lowest BCUT2D eigenvalue weighted by Crippen LogP contribution is -2.05. The molecule has 0 atom stereocenters. The van der Waals surface area contributed by atoms with Crippen molar-refractivity contribution in [2.75, 3.05) is 11.9 Å². The van der Waals surface area contributed by atoms with Crippen molar-refractivity contribution in [2.24, 2.45) is 0 Å². The van der Waals surface area contributed by atoms with Crippen LogP contribution >= 0.6 is 0 Å². The van der Waals surface area contributed by atoms with Crippen LogP contribution in [0.2, 0.25) is 0 Å². The maximum atomic E-state index is 4.47. The summed E-state index contributed by atoms with van der Waals surface area (Å²) in [5.74, 6) is 1.72. The van der Waals surface area contributed by atoms with Crippen molar-refractivity contribution in [1.29, 1.82) is 0 Å². The van der Waals surface area contributed by atoms with Gasteiger partial charge in [0.2, 0.25) is 0 Å². The smallest absolute Gasteiger partial charge is 0.129 e. The number of hydrogen-bond acceptors (Lipinski definition) is 4. The van der Waals surface area contributed by atoms with Gasteiger partial charge in [-0.3, -0.25) is 4.98 Å². The topological polar surface area (TPSA) is 50.7 Å². The zero-order valence-electron chi connectivity index (χ0n) is 10.8. The Morgan fingerprint density at radius 3 is 2.67 bits per heavy atom. The van der Waals surface area contributed by atoms with Gasteiger partial charge in [-0.2, -0.15) is 0 Å². The standard InChI is InChI=1S/C14H18N4/c1-3-6-16-14-10-13(17-11(2)18-14)9-12-4-7-15-8-5-12/h4-5,7-8,10H,3,6,9H2,1-2H3,(H,16,17,18). The maximum absolute atomic E-state index is 4.47. The van der Waals surface area contributed by atoms with E-state index in [1.807, 2.05) is 25.1 Å². The van der Waals surface area contributed by atoms with Crippen LogP contribution < -0.4 is 5.32 Å². The van der Waals surface area contributed by atoms with E-state index in [2.05, 4.69) is 27.2 Å². The maximum Gasteiger partial charge on any atom is 0.129 e. The van der Waals surface area contributed by atoms with Crippen molar-refractivity contribution in [3.05, 3.63) is 47.7 Å². The summed E-state index contributed by atoms with van der Waals surface area (Å²) in [6.07, 6.45) is 5.51. The molecule has 0 aromatic carbocycles.